The van der Waals surface area contributed by atoms with Gasteiger partial charge in [0.25, 0.3) is 0 Å². The second-order valence-electron chi connectivity index (χ2n) is 2.86. The van der Waals surface area contributed by atoms with Crippen molar-refractivity contribution in [1.29, 1.82) is 0 Å². The van der Waals surface area contributed by atoms with Crippen LogP contribution in [0.2, 0.25) is 0 Å². The topological polar surface area (TPSA) is 56.5 Å². The lowest BCUT2D eigenvalue weighted by atomic mass is 10.2. The van der Waals surface area contributed by atoms with Crippen molar-refractivity contribution in [3.8, 4) is 0 Å². The molecule has 5 nitrogen and oxygen atoms in total. The average Bonchev–Trinajstić information content (AvgIpc) is 2.62. The third-order valence-corrected chi connectivity index (χ3v) is 2.02. The number of methoxy groups -OCH3 is 1. The fraction of sp³-hybridized carbons (Fsp3) is 0.222. The molecule has 0 aliphatic carbocycles. The second-order valence-corrected chi connectivity index (χ2v) is 2.86. The molecule has 2 aromatic rings. The zero-order valence-electron chi connectivity index (χ0n) is 7.89. The van der Waals surface area contributed by atoms with Crippen molar-refractivity contribution in [2.24, 2.45) is 0 Å². The number of aryl methyl sites for hydroxylation is 1. The minimum Gasteiger partial charge on any atom is -0.465 e. The van der Waals surface area contributed by atoms with Crippen molar-refractivity contribution in [1.82, 2.24) is 14.6 Å². The largest absolute Gasteiger partial charge is 0.465 e. The molecule has 0 aliphatic rings. The molecule has 0 fully saturated rings. The average molecular weight is 191 g/mol. The smallest absolute Gasteiger partial charge is 0.341 e. The lowest BCUT2D eigenvalue weighted by molar-refractivity contribution is 0.0603. The highest BCUT2D eigenvalue weighted by Gasteiger charge is 2.14. The van der Waals surface area contributed by atoms with E-state index in [1.807, 2.05) is 6.92 Å². The lowest BCUT2D eigenvalue weighted by Gasteiger charge is -1.99. The third kappa shape index (κ3) is 1.14. The summed E-state index contributed by atoms with van der Waals surface area (Å²) in [5, 5.41) is 4.02. The molecule has 0 spiro atoms. The summed E-state index contributed by atoms with van der Waals surface area (Å²) in [6.45, 7) is 1.82. The van der Waals surface area contributed by atoms with Gasteiger partial charge < -0.3 is 4.74 Å². The summed E-state index contributed by atoms with van der Waals surface area (Å²) >= 11 is 0. The van der Waals surface area contributed by atoms with E-state index in [1.165, 1.54) is 13.3 Å². The van der Waals surface area contributed by atoms with Crippen LogP contribution in [-0.4, -0.2) is 27.7 Å². The Balaban J connectivity index is 2.73. The van der Waals surface area contributed by atoms with E-state index in [2.05, 4.69) is 14.8 Å². The molecule has 0 saturated carbocycles. The molecule has 0 amide bonds. The van der Waals surface area contributed by atoms with E-state index in [0.717, 1.165) is 5.69 Å². The van der Waals surface area contributed by atoms with Gasteiger partial charge in [0.15, 0.2) is 0 Å². The van der Waals surface area contributed by atoms with Crippen LogP contribution in [0.4, 0.5) is 0 Å². The number of hydrogen-bond acceptors (Lipinski definition) is 4. The first-order valence-electron chi connectivity index (χ1n) is 4.11. The number of esters is 1. The van der Waals surface area contributed by atoms with Gasteiger partial charge in [-0.25, -0.2) is 9.31 Å². The maximum Gasteiger partial charge on any atom is 0.341 e. The summed E-state index contributed by atoms with van der Waals surface area (Å²) in [6, 6.07) is 0. The molecular formula is C9H9N3O2. The number of aromatic nitrogens is 3. The van der Waals surface area contributed by atoms with Crippen molar-refractivity contribution in [3.63, 3.8) is 0 Å². The molecule has 72 valence electrons. The second kappa shape index (κ2) is 3.10. The molecule has 0 aliphatic heterocycles. The highest BCUT2D eigenvalue weighted by Crippen LogP contribution is 2.13. The molecule has 0 saturated heterocycles. The summed E-state index contributed by atoms with van der Waals surface area (Å²) in [5.74, 6) is -0.392. The summed E-state index contributed by atoms with van der Waals surface area (Å²) < 4.78 is 6.24. The quantitative estimate of drug-likeness (QED) is 0.626. The Bertz CT molecular complexity index is 490. The van der Waals surface area contributed by atoms with Crippen LogP contribution < -0.4 is 0 Å². The summed E-state index contributed by atoms with van der Waals surface area (Å²) in [4.78, 5) is 15.4. The van der Waals surface area contributed by atoms with Crippen LogP contribution in [0.5, 0.6) is 0 Å². The van der Waals surface area contributed by atoms with Gasteiger partial charge in [-0.05, 0) is 6.92 Å². The molecular weight excluding hydrogens is 182 g/mol. The number of carbonyl (C=O) groups excluding carboxylic acids is 1. The van der Waals surface area contributed by atoms with Crippen LogP contribution >= 0.6 is 0 Å². The highest BCUT2D eigenvalue weighted by molar-refractivity contribution is 5.97. The summed E-state index contributed by atoms with van der Waals surface area (Å²) in [6.07, 6.45) is 4.81. The molecule has 2 rings (SSSR count). The molecule has 2 heterocycles. The SMILES string of the molecule is COC(=O)c1cnn2ccnc(C)c12. The number of nitrogens with zero attached hydrogens (tertiary/aromatic N) is 3. The predicted molar refractivity (Wildman–Crippen MR) is 49.1 cm³/mol. The monoisotopic (exact) mass is 191 g/mol. The highest BCUT2D eigenvalue weighted by atomic mass is 16.5. The predicted octanol–water partition coefficient (Wildman–Crippen LogP) is 0.824. The Kier molecular flexibility index (Phi) is 1.92. The molecule has 5 heteroatoms. The summed E-state index contributed by atoms with van der Waals surface area (Å²) in [7, 11) is 1.34. The standard InChI is InChI=1S/C9H9N3O2/c1-6-8-7(9(13)14-2)5-11-12(8)4-3-10-6/h3-5H,1-2H3. The zero-order valence-corrected chi connectivity index (χ0v) is 7.89. The van der Waals surface area contributed by atoms with Gasteiger partial charge in [-0.3, -0.25) is 4.98 Å². The van der Waals surface area contributed by atoms with E-state index >= 15 is 0 Å². The Morgan fingerprint density at radius 1 is 1.57 bits per heavy atom. The van der Waals surface area contributed by atoms with E-state index in [9.17, 15) is 4.79 Å². The van der Waals surface area contributed by atoms with Gasteiger partial charge in [0, 0.05) is 12.4 Å². The lowest BCUT2D eigenvalue weighted by Crippen LogP contribution is -2.02. The Morgan fingerprint density at radius 2 is 2.36 bits per heavy atom. The third-order valence-electron chi connectivity index (χ3n) is 2.02. The van der Waals surface area contributed by atoms with Crippen LogP contribution in [0.25, 0.3) is 5.52 Å². The van der Waals surface area contributed by atoms with E-state index in [4.69, 9.17) is 0 Å². The molecule has 0 unspecified atom stereocenters. The summed E-state index contributed by atoms with van der Waals surface area (Å²) in [5.41, 5.74) is 1.89. The first-order chi connectivity index (χ1) is 6.74. The van der Waals surface area contributed by atoms with E-state index < -0.39 is 5.97 Å². The number of fused-ring (bicyclic) bond motifs is 1. The van der Waals surface area contributed by atoms with Gasteiger partial charge in [-0.15, -0.1) is 0 Å². The Hall–Kier alpha value is -1.91. The van der Waals surface area contributed by atoms with E-state index in [0.29, 0.717) is 11.1 Å². The van der Waals surface area contributed by atoms with Crippen LogP contribution in [-0.2, 0) is 4.74 Å². The zero-order chi connectivity index (χ0) is 10.1. The molecule has 0 N–H and O–H groups in total. The fourth-order valence-electron chi connectivity index (χ4n) is 1.36. The number of rotatable bonds is 1. The van der Waals surface area contributed by atoms with Crippen molar-refractivity contribution < 1.29 is 9.53 Å². The molecule has 0 bridgehead atoms. The van der Waals surface area contributed by atoms with Crippen LogP contribution in [0.1, 0.15) is 16.1 Å². The Morgan fingerprint density at radius 3 is 3.07 bits per heavy atom. The minimum absolute atomic E-state index is 0.392. The van der Waals surface area contributed by atoms with Crippen LogP contribution in [0, 0.1) is 6.92 Å². The van der Waals surface area contributed by atoms with Gasteiger partial charge in [0.2, 0.25) is 0 Å². The van der Waals surface area contributed by atoms with Gasteiger partial charge in [0.05, 0.1) is 19.0 Å². The maximum atomic E-state index is 11.3. The van der Waals surface area contributed by atoms with Gasteiger partial charge in [0.1, 0.15) is 11.1 Å². The first kappa shape index (κ1) is 8.68. The van der Waals surface area contributed by atoms with E-state index in [-0.39, 0.29) is 0 Å². The molecule has 0 aromatic carbocycles. The fourth-order valence-corrected chi connectivity index (χ4v) is 1.36. The van der Waals surface area contributed by atoms with Crippen LogP contribution in [0.3, 0.4) is 0 Å². The van der Waals surface area contributed by atoms with Crippen molar-refractivity contribution in [3.05, 3.63) is 29.8 Å². The van der Waals surface area contributed by atoms with Gasteiger partial charge in [-0.1, -0.05) is 0 Å². The molecule has 2 aromatic heterocycles. The number of ether oxygens (including phenoxy) is 1. The van der Waals surface area contributed by atoms with E-state index in [1.54, 1.807) is 16.9 Å². The van der Waals surface area contributed by atoms with Gasteiger partial charge >= 0.3 is 5.97 Å². The normalized spacial score (nSPS) is 10.4. The van der Waals surface area contributed by atoms with Crippen molar-refractivity contribution >= 4 is 11.5 Å². The number of carbonyl (C=O) groups is 1. The first-order valence-corrected chi connectivity index (χ1v) is 4.11. The van der Waals surface area contributed by atoms with Crippen LogP contribution in [0.15, 0.2) is 18.6 Å². The molecule has 0 atom stereocenters. The molecule has 14 heavy (non-hydrogen) atoms. The Labute approximate surface area is 80.3 Å². The maximum absolute atomic E-state index is 11.3. The van der Waals surface area contributed by atoms with Crippen molar-refractivity contribution in [2.75, 3.05) is 7.11 Å². The van der Waals surface area contributed by atoms with Gasteiger partial charge in [-0.2, -0.15) is 5.10 Å². The molecule has 0 radical (unpaired) electrons. The number of hydrogen-bond donors (Lipinski definition) is 0. The van der Waals surface area contributed by atoms with Crippen molar-refractivity contribution in [2.45, 2.75) is 6.92 Å². The minimum atomic E-state index is -0.392.